The molecule has 0 fully saturated rings. The lowest BCUT2D eigenvalue weighted by molar-refractivity contribution is -0.161. The topological polar surface area (TPSA) is 155 Å². The van der Waals surface area contributed by atoms with Crippen molar-refractivity contribution in [1.29, 1.82) is 0 Å². The lowest BCUT2D eigenvalue weighted by Crippen LogP contribution is -2.30. The molecular weight excluding hydrogens is 832 g/mol. The molecule has 2 N–H and O–H groups in total. The number of carbonyl (C=O) groups excluding carboxylic acids is 3. The van der Waals surface area contributed by atoms with Gasteiger partial charge in [0.25, 0.3) is 0 Å². The molecule has 0 aliphatic heterocycles. The molecule has 0 aliphatic rings. The van der Waals surface area contributed by atoms with E-state index in [2.05, 4.69) is 57.2 Å². The second-order valence-corrected chi connectivity index (χ2v) is 18.8. The Hall–Kier alpha value is -2.30. The molecule has 0 aliphatic carbocycles. The van der Waals surface area contributed by atoms with Crippen LogP contribution in [0.3, 0.4) is 0 Å². The number of aliphatic hydroxyl groups is 1. The summed E-state index contributed by atoms with van der Waals surface area (Å²) in [6.07, 6.45) is 45.4. The van der Waals surface area contributed by atoms with E-state index in [1.807, 2.05) is 0 Å². The van der Waals surface area contributed by atoms with Crippen LogP contribution in [0.5, 0.6) is 0 Å². The molecule has 0 spiro atoms. The van der Waals surface area contributed by atoms with E-state index in [4.69, 9.17) is 23.3 Å². The van der Waals surface area contributed by atoms with E-state index in [9.17, 15) is 28.9 Å². The summed E-state index contributed by atoms with van der Waals surface area (Å²) < 4.78 is 39.3. The first kappa shape index (κ1) is 61.7. The minimum absolute atomic E-state index is 0.157. The minimum atomic E-state index is -4.74. The van der Waals surface area contributed by atoms with Crippen molar-refractivity contribution in [2.45, 2.75) is 251 Å². The molecule has 12 heteroatoms. The highest BCUT2D eigenvalue weighted by Gasteiger charge is 2.28. The molecule has 0 aromatic carbocycles. The summed E-state index contributed by atoms with van der Waals surface area (Å²) in [5.74, 6) is -1.49. The molecule has 3 atom stereocenters. The monoisotopic (exact) mass is 927 g/mol. The number of hydrogen-bond donors (Lipinski definition) is 2. The van der Waals surface area contributed by atoms with Gasteiger partial charge >= 0.3 is 25.7 Å². The van der Waals surface area contributed by atoms with Crippen LogP contribution in [0.25, 0.3) is 0 Å². The van der Waals surface area contributed by atoms with Gasteiger partial charge < -0.3 is 24.2 Å². The van der Waals surface area contributed by atoms with Crippen molar-refractivity contribution in [2.24, 2.45) is 0 Å². The number of ether oxygens (including phenoxy) is 3. The Bertz CT molecular complexity index is 1220. The first-order chi connectivity index (χ1) is 31.2. The number of unbranched alkanes of at least 4 members (excludes halogenated alkanes) is 25. The number of hydrogen-bond acceptors (Lipinski definition) is 10. The molecule has 64 heavy (non-hydrogen) atoms. The summed E-state index contributed by atoms with van der Waals surface area (Å²) in [6.45, 7) is 4.54. The van der Waals surface area contributed by atoms with Crippen LogP contribution in [0, 0.1) is 0 Å². The van der Waals surface area contributed by atoms with E-state index >= 15 is 0 Å². The lowest BCUT2D eigenvalue weighted by atomic mass is 10.1. The molecule has 0 saturated heterocycles. The van der Waals surface area contributed by atoms with Crippen LogP contribution in [-0.4, -0.2) is 66.5 Å². The number of phosphoric acid groups is 1. The number of carbonyl (C=O) groups is 3. The van der Waals surface area contributed by atoms with E-state index in [1.165, 1.54) is 64.2 Å². The molecule has 0 rings (SSSR count). The van der Waals surface area contributed by atoms with Crippen LogP contribution < -0.4 is 0 Å². The third-order valence-corrected chi connectivity index (χ3v) is 12.0. The average Bonchev–Trinajstić information content (AvgIpc) is 3.28. The molecule has 0 amide bonds. The summed E-state index contributed by atoms with van der Waals surface area (Å²) >= 11 is 0. The average molecular weight is 927 g/mol. The van der Waals surface area contributed by atoms with Gasteiger partial charge in [0.15, 0.2) is 6.10 Å². The number of aliphatic hydroxyl groups excluding tert-OH is 1. The highest BCUT2D eigenvalue weighted by atomic mass is 31.2. The number of rotatable bonds is 48. The largest absolute Gasteiger partial charge is 0.472 e. The fraction of sp³-hybridized carbons (Fsp3) is 0.827. The molecule has 0 aromatic rings. The van der Waals surface area contributed by atoms with Crippen molar-refractivity contribution < 1.29 is 52.2 Å². The van der Waals surface area contributed by atoms with E-state index in [0.29, 0.717) is 19.3 Å². The van der Waals surface area contributed by atoms with Crippen molar-refractivity contribution in [3.05, 3.63) is 36.5 Å². The maximum Gasteiger partial charge on any atom is 0.472 e. The second-order valence-electron chi connectivity index (χ2n) is 17.3. The fourth-order valence-corrected chi connectivity index (χ4v) is 7.76. The molecule has 0 aromatic heterocycles. The van der Waals surface area contributed by atoms with Gasteiger partial charge in [0.05, 0.1) is 19.8 Å². The predicted molar refractivity (Wildman–Crippen MR) is 261 cm³/mol. The Balaban J connectivity index is 4.76. The van der Waals surface area contributed by atoms with Gasteiger partial charge in [0.1, 0.15) is 12.7 Å². The van der Waals surface area contributed by atoms with Crippen LogP contribution in [0.1, 0.15) is 239 Å². The molecule has 0 heterocycles. The quantitative estimate of drug-likeness (QED) is 0.0197. The molecule has 0 saturated carbocycles. The van der Waals surface area contributed by atoms with Crippen molar-refractivity contribution in [2.75, 3.05) is 26.4 Å². The summed E-state index contributed by atoms with van der Waals surface area (Å²) in [5, 5.41) is 9.75. The molecule has 374 valence electrons. The third-order valence-electron chi connectivity index (χ3n) is 11.0. The summed E-state index contributed by atoms with van der Waals surface area (Å²) in [6, 6.07) is 0. The fourth-order valence-electron chi connectivity index (χ4n) is 6.97. The van der Waals surface area contributed by atoms with Gasteiger partial charge in [0.2, 0.25) is 0 Å². The number of esters is 3. The maximum absolute atomic E-state index is 12.8. The van der Waals surface area contributed by atoms with Gasteiger partial charge in [-0.25, -0.2) is 4.57 Å². The molecular formula is C52H95O11P. The Morgan fingerprint density at radius 3 is 1.12 bits per heavy atom. The van der Waals surface area contributed by atoms with Crippen LogP contribution in [-0.2, 0) is 42.2 Å². The summed E-state index contributed by atoms with van der Waals surface area (Å²) in [7, 11) is -4.74. The summed E-state index contributed by atoms with van der Waals surface area (Å²) in [4.78, 5) is 48.2. The highest BCUT2D eigenvalue weighted by Crippen LogP contribution is 2.43. The van der Waals surface area contributed by atoms with Gasteiger partial charge in [-0.1, -0.05) is 166 Å². The SMILES string of the molecule is CCCC/C=C\CCCCCCCC(=O)OC(CO)COP(=O)(O)OCC(COC(=O)CCCCCCC/C=C\CCCCCC)OC(=O)CCCCCCC/C=C\CCCCCC. The second kappa shape index (κ2) is 47.2. The maximum atomic E-state index is 12.8. The van der Waals surface area contributed by atoms with Crippen molar-refractivity contribution >= 4 is 25.7 Å². The lowest BCUT2D eigenvalue weighted by Gasteiger charge is -2.21. The Morgan fingerprint density at radius 2 is 0.734 bits per heavy atom. The van der Waals surface area contributed by atoms with Crippen molar-refractivity contribution in [1.82, 2.24) is 0 Å². The minimum Gasteiger partial charge on any atom is -0.462 e. The third kappa shape index (κ3) is 44.9. The first-order valence-electron chi connectivity index (χ1n) is 25.9. The summed E-state index contributed by atoms with van der Waals surface area (Å²) in [5.41, 5.74) is 0. The standard InChI is InChI=1S/C52H95O11P/c1-4-7-10-13-16-19-22-24-27-29-32-35-38-41-50(54)59-45-49(63-52(56)43-40-37-34-31-28-25-23-20-17-14-11-8-5-2)47-61-64(57,58)60-46-48(44-53)62-51(55)42-39-36-33-30-26-21-18-15-12-9-6-3/h15,18-20,22-23,48-49,53H,4-14,16-17,21,24-47H2,1-3H3,(H,57,58)/b18-15-,22-19-,23-20-. The molecule has 0 bridgehead atoms. The Morgan fingerprint density at radius 1 is 0.422 bits per heavy atom. The van der Waals surface area contributed by atoms with E-state index in [1.54, 1.807) is 0 Å². The Labute approximate surface area is 390 Å². The zero-order chi connectivity index (χ0) is 47.0. The Kier molecular flexibility index (Phi) is 45.5. The van der Waals surface area contributed by atoms with Crippen LogP contribution >= 0.6 is 7.82 Å². The number of phosphoric ester groups is 1. The smallest absolute Gasteiger partial charge is 0.462 e. The van der Waals surface area contributed by atoms with Gasteiger partial charge in [-0.3, -0.25) is 23.4 Å². The molecule has 11 nitrogen and oxygen atoms in total. The predicted octanol–water partition coefficient (Wildman–Crippen LogP) is 14.5. The normalized spacial score (nSPS) is 13.8. The van der Waals surface area contributed by atoms with E-state index in [-0.39, 0.29) is 25.9 Å². The van der Waals surface area contributed by atoms with Crippen molar-refractivity contribution in [3.63, 3.8) is 0 Å². The number of allylic oxidation sites excluding steroid dienone is 6. The van der Waals surface area contributed by atoms with Crippen LogP contribution in [0.2, 0.25) is 0 Å². The zero-order valence-corrected chi connectivity index (χ0v) is 41.9. The van der Waals surface area contributed by atoms with E-state index in [0.717, 1.165) is 116 Å². The van der Waals surface area contributed by atoms with Gasteiger partial charge in [0, 0.05) is 19.3 Å². The van der Waals surface area contributed by atoms with Crippen molar-refractivity contribution in [3.8, 4) is 0 Å². The van der Waals surface area contributed by atoms with Gasteiger partial charge in [-0.2, -0.15) is 0 Å². The zero-order valence-electron chi connectivity index (χ0n) is 41.0. The molecule has 0 radical (unpaired) electrons. The van der Waals surface area contributed by atoms with Crippen LogP contribution in [0.4, 0.5) is 0 Å². The first-order valence-corrected chi connectivity index (χ1v) is 27.4. The van der Waals surface area contributed by atoms with Crippen LogP contribution in [0.15, 0.2) is 36.5 Å². The van der Waals surface area contributed by atoms with Gasteiger partial charge in [-0.05, 0) is 89.9 Å². The highest BCUT2D eigenvalue weighted by molar-refractivity contribution is 7.47. The van der Waals surface area contributed by atoms with E-state index < -0.39 is 57.8 Å². The van der Waals surface area contributed by atoms with Gasteiger partial charge in [-0.15, -0.1) is 0 Å². The molecule has 3 unspecified atom stereocenters.